The highest BCUT2D eigenvalue weighted by molar-refractivity contribution is 7.27. The number of thiophene rings is 1. The monoisotopic (exact) mass is 655 g/mol. The van der Waals surface area contributed by atoms with Gasteiger partial charge in [-0.15, -0.1) is 11.3 Å². The molecular weight excluding hydrogens is 623 g/mol. The first-order valence-electron chi connectivity index (χ1n) is 17.0. The number of nitrogens with zero attached hydrogens (tertiary/aromatic N) is 1. The molecule has 8 aromatic carbocycles. The van der Waals surface area contributed by atoms with E-state index >= 15 is 0 Å². The van der Waals surface area contributed by atoms with E-state index in [0.29, 0.717) is 0 Å². The van der Waals surface area contributed by atoms with Crippen LogP contribution in [0.1, 0.15) is 0 Å². The van der Waals surface area contributed by atoms with Crippen molar-refractivity contribution in [1.29, 1.82) is 0 Å². The van der Waals surface area contributed by atoms with Crippen LogP contribution in [-0.4, -0.2) is 0 Å². The lowest BCUT2D eigenvalue weighted by Crippen LogP contribution is -2.10. The molecule has 0 N–H and O–H groups in total. The molecule has 50 heavy (non-hydrogen) atoms. The molecule has 0 unspecified atom stereocenters. The standard InChI is InChI=1S/C48H33NS/c1-5-14-34(15-6-1)37-24-28-41(29-25-37)49(42-30-26-38(27-31-42)35-16-7-2-8-17-35)46-33-40(36-18-9-3-10-19-36)32-45-44-23-13-22-43(47(44)50-48(45)46)39-20-11-4-12-21-39/h1-33H. The largest absolute Gasteiger partial charge is 0.309 e. The highest BCUT2D eigenvalue weighted by Crippen LogP contribution is 2.49. The number of hydrogen-bond acceptors (Lipinski definition) is 2. The topological polar surface area (TPSA) is 3.24 Å². The maximum atomic E-state index is 2.44. The fourth-order valence-corrected chi connectivity index (χ4v) is 8.31. The van der Waals surface area contributed by atoms with Crippen molar-refractivity contribution in [2.75, 3.05) is 4.90 Å². The fraction of sp³-hybridized carbons (Fsp3) is 0. The first-order valence-corrected chi connectivity index (χ1v) is 17.8. The van der Waals surface area contributed by atoms with Gasteiger partial charge in [-0.3, -0.25) is 0 Å². The van der Waals surface area contributed by atoms with Crippen molar-refractivity contribution in [2.24, 2.45) is 0 Å². The first-order chi connectivity index (χ1) is 24.8. The Labute approximate surface area is 297 Å². The maximum Gasteiger partial charge on any atom is 0.0646 e. The van der Waals surface area contributed by atoms with Gasteiger partial charge < -0.3 is 4.90 Å². The predicted molar refractivity (Wildman–Crippen MR) is 216 cm³/mol. The van der Waals surface area contributed by atoms with Crippen LogP contribution in [-0.2, 0) is 0 Å². The van der Waals surface area contributed by atoms with Crippen LogP contribution in [0.25, 0.3) is 64.7 Å². The second kappa shape index (κ2) is 13.0. The molecule has 0 aliphatic carbocycles. The summed E-state index contributed by atoms with van der Waals surface area (Å²) in [5, 5.41) is 2.55. The quantitative estimate of drug-likeness (QED) is 0.165. The summed E-state index contributed by atoms with van der Waals surface area (Å²) < 4.78 is 2.57. The second-order valence-electron chi connectivity index (χ2n) is 12.5. The average molecular weight is 656 g/mol. The third-order valence-corrected chi connectivity index (χ3v) is 10.8. The SMILES string of the molecule is c1ccc(-c2ccc(N(c3ccc(-c4ccccc4)cc3)c3cc(-c4ccccc4)cc4c3sc3c(-c5ccccc5)cccc34)cc2)cc1. The number of fused-ring (bicyclic) bond motifs is 3. The van der Waals surface area contributed by atoms with Gasteiger partial charge in [0.05, 0.1) is 10.4 Å². The van der Waals surface area contributed by atoms with E-state index in [1.54, 1.807) is 0 Å². The summed E-state index contributed by atoms with van der Waals surface area (Å²) in [5.74, 6) is 0. The van der Waals surface area contributed by atoms with E-state index < -0.39 is 0 Å². The Morgan fingerprint density at radius 2 is 0.740 bits per heavy atom. The smallest absolute Gasteiger partial charge is 0.0646 e. The molecule has 0 fully saturated rings. The van der Waals surface area contributed by atoms with Crippen molar-refractivity contribution in [3.8, 4) is 44.5 Å². The van der Waals surface area contributed by atoms with Crippen LogP contribution in [0.4, 0.5) is 17.1 Å². The molecule has 0 radical (unpaired) electrons. The van der Waals surface area contributed by atoms with Crippen LogP contribution < -0.4 is 4.90 Å². The van der Waals surface area contributed by atoms with Crippen LogP contribution >= 0.6 is 11.3 Å². The lowest BCUT2D eigenvalue weighted by atomic mass is 9.98. The number of rotatable bonds is 7. The Hall–Kier alpha value is -6.22. The molecule has 0 amide bonds. The highest BCUT2D eigenvalue weighted by Gasteiger charge is 2.21. The number of benzene rings is 8. The Bertz CT molecular complexity index is 2450. The third kappa shape index (κ3) is 5.56. The molecule has 1 nitrogen and oxygen atoms in total. The minimum atomic E-state index is 1.12. The molecule has 2 heteroatoms. The van der Waals surface area contributed by atoms with Crippen LogP contribution in [0, 0.1) is 0 Å². The minimum absolute atomic E-state index is 1.12. The fourth-order valence-electron chi connectivity index (χ4n) is 6.98. The van der Waals surface area contributed by atoms with Crippen LogP contribution in [0.2, 0.25) is 0 Å². The van der Waals surface area contributed by atoms with E-state index in [4.69, 9.17) is 0 Å². The van der Waals surface area contributed by atoms with Crippen LogP contribution in [0.5, 0.6) is 0 Å². The van der Waals surface area contributed by atoms with Crippen molar-refractivity contribution < 1.29 is 0 Å². The van der Waals surface area contributed by atoms with Gasteiger partial charge in [0.2, 0.25) is 0 Å². The van der Waals surface area contributed by atoms with Gasteiger partial charge >= 0.3 is 0 Å². The molecular formula is C48H33NS. The van der Waals surface area contributed by atoms with Gasteiger partial charge in [0.25, 0.3) is 0 Å². The van der Waals surface area contributed by atoms with Crippen molar-refractivity contribution in [3.63, 3.8) is 0 Å². The van der Waals surface area contributed by atoms with Gasteiger partial charge in [0.15, 0.2) is 0 Å². The van der Waals surface area contributed by atoms with E-state index in [1.807, 2.05) is 11.3 Å². The zero-order chi connectivity index (χ0) is 33.3. The van der Waals surface area contributed by atoms with Crippen molar-refractivity contribution in [2.45, 2.75) is 0 Å². The van der Waals surface area contributed by atoms with E-state index in [-0.39, 0.29) is 0 Å². The molecule has 0 spiro atoms. The van der Waals surface area contributed by atoms with Crippen molar-refractivity contribution in [1.82, 2.24) is 0 Å². The zero-order valence-electron chi connectivity index (χ0n) is 27.4. The molecule has 1 aromatic heterocycles. The Morgan fingerprint density at radius 3 is 1.24 bits per heavy atom. The number of anilines is 3. The second-order valence-corrected chi connectivity index (χ2v) is 13.6. The lowest BCUT2D eigenvalue weighted by molar-refractivity contribution is 1.30. The molecule has 9 rings (SSSR count). The lowest BCUT2D eigenvalue weighted by Gasteiger charge is -2.27. The minimum Gasteiger partial charge on any atom is -0.309 e. The van der Waals surface area contributed by atoms with Crippen molar-refractivity contribution >= 4 is 48.6 Å². The summed E-state index contributed by atoms with van der Waals surface area (Å²) in [6, 6.07) is 72.3. The molecule has 236 valence electrons. The van der Waals surface area contributed by atoms with Gasteiger partial charge in [-0.05, 0) is 80.9 Å². The summed E-state index contributed by atoms with van der Waals surface area (Å²) in [5.41, 5.74) is 13.1. The third-order valence-electron chi connectivity index (χ3n) is 9.48. The summed E-state index contributed by atoms with van der Waals surface area (Å²) >= 11 is 1.89. The molecule has 0 bridgehead atoms. The van der Waals surface area contributed by atoms with Gasteiger partial charge in [-0.25, -0.2) is 0 Å². The molecule has 1 heterocycles. The molecule has 9 aromatic rings. The van der Waals surface area contributed by atoms with Gasteiger partial charge in [0.1, 0.15) is 0 Å². The summed E-state index contributed by atoms with van der Waals surface area (Å²) in [6.07, 6.45) is 0. The van der Waals surface area contributed by atoms with E-state index in [2.05, 4.69) is 205 Å². The average Bonchev–Trinajstić information content (AvgIpc) is 3.59. The van der Waals surface area contributed by atoms with Crippen LogP contribution in [0.15, 0.2) is 200 Å². The Balaban J connectivity index is 1.30. The highest BCUT2D eigenvalue weighted by atomic mass is 32.1. The zero-order valence-corrected chi connectivity index (χ0v) is 28.2. The van der Waals surface area contributed by atoms with E-state index in [0.717, 1.165) is 11.4 Å². The predicted octanol–water partition coefficient (Wildman–Crippen LogP) is 14.2. The molecule has 0 saturated carbocycles. The Morgan fingerprint density at radius 1 is 0.300 bits per heavy atom. The summed E-state index contributed by atoms with van der Waals surface area (Å²) in [7, 11) is 0. The van der Waals surface area contributed by atoms with E-state index in [9.17, 15) is 0 Å². The molecule has 0 saturated heterocycles. The molecule has 0 aliphatic rings. The number of hydrogen-bond donors (Lipinski definition) is 0. The van der Waals surface area contributed by atoms with Crippen molar-refractivity contribution in [3.05, 3.63) is 200 Å². The summed E-state index contributed by atoms with van der Waals surface area (Å²) in [6.45, 7) is 0. The summed E-state index contributed by atoms with van der Waals surface area (Å²) in [4.78, 5) is 2.44. The van der Waals surface area contributed by atoms with Gasteiger partial charge in [-0.2, -0.15) is 0 Å². The van der Waals surface area contributed by atoms with Gasteiger partial charge in [0, 0.05) is 26.8 Å². The normalized spacial score (nSPS) is 11.2. The first kappa shape index (κ1) is 29.9. The van der Waals surface area contributed by atoms with Crippen LogP contribution in [0.3, 0.4) is 0 Å². The maximum absolute atomic E-state index is 2.44. The Kier molecular flexibility index (Phi) is 7.77. The molecule has 0 atom stereocenters. The van der Waals surface area contributed by atoms with Gasteiger partial charge in [-0.1, -0.05) is 164 Å². The van der Waals surface area contributed by atoms with E-state index in [1.165, 1.54) is 70.4 Å². The molecule has 0 aliphatic heterocycles.